The van der Waals surface area contributed by atoms with E-state index in [1.54, 1.807) is 0 Å². The monoisotopic (exact) mass is 266 g/mol. The van der Waals surface area contributed by atoms with E-state index < -0.39 is 18.1 Å². The Morgan fingerprint density at radius 2 is 2.06 bits per heavy atom. The van der Waals surface area contributed by atoms with Gasteiger partial charge in [0.1, 0.15) is 11.6 Å². The molecule has 0 saturated heterocycles. The van der Waals surface area contributed by atoms with Crippen molar-refractivity contribution in [3.05, 3.63) is 28.8 Å². The Kier molecular flexibility index (Phi) is 3.87. The summed E-state index contributed by atoms with van der Waals surface area (Å²) in [5.74, 6) is -0.602. The highest BCUT2D eigenvalue weighted by atomic mass is 35.5. The molecule has 1 unspecified atom stereocenters. The molecular weight excluding hydrogens is 257 g/mol. The molecule has 1 rings (SSSR count). The van der Waals surface area contributed by atoms with Crippen LogP contribution in [-0.4, -0.2) is 18.1 Å². The molecule has 0 amide bonds. The predicted octanol–water partition coefficient (Wildman–Crippen LogP) is 2.95. The SMILES string of the molecule is CC(Oc1cccc(Cl)c1C(=N)N)C(F)(F)F. The van der Waals surface area contributed by atoms with Crippen LogP contribution in [0.15, 0.2) is 18.2 Å². The van der Waals surface area contributed by atoms with Crippen LogP contribution in [0, 0.1) is 5.41 Å². The van der Waals surface area contributed by atoms with Gasteiger partial charge < -0.3 is 10.5 Å². The fourth-order valence-electron chi connectivity index (χ4n) is 1.12. The Hall–Kier alpha value is -1.43. The Morgan fingerprint density at radius 1 is 1.47 bits per heavy atom. The van der Waals surface area contributed by atoms with Crippen LogP contribution < -0.4 is 10.5 Å². The van der Waals surface area contributed by atoms with Crippen LogP contribution in [0.5, 0.6) is 5.75 Å². The van der Waals surface area contributed by atoms with Crippen molar-refractivity contribution in [2.24, 2.45) is 5.73 Å². The van der Waals surface area contributed by atoms with Gasteiger partial charge in [0.05, 0.1) is 10.6 Å². The first-order valence-corrected chi connectivity index (χ1v) is 4.97. The highest BCUT2D eigenvalue weighted by molar-refractivity contribution is 6.34. The Bertz CT molecular complexity index is 434. The Morgan fingerprint density at radius 3 is 2.53 bits per heavy atom. The number of hydrogen-bond acceptors (Lipinski definition) is 2. The number of alkyl halides is 3. The van der Waals surface area contributed by atoms with E-state index in [-0.39, 0.29) is 16.3 Å². The fourth-order valence-corrected chi connectivity index (χ4v) is 1.39. The van der Waals surface area contributed by atoms with Crippen molar-refractivity contribution in [2.45, 2.75) is 19.2 Å². The van der Waals surface area contributed by atoms with Crippen LogP contribution in [0.25, 0.3) is 0 Å². The summed E-state index contributed by atoms with van der Waals surface area (Å²) in [7, 11) is 0. The van der Waals surface area contributed by atoms with E-state index in [9.17, 15) is 13.2 Å². The summed E-state index contributed by atoms with van der Waals surface area (Å²) in [4.78, 5) is 0. The summed E-state index contributed by atoms with van der Waals surface area (Å²) in [6.45, 7) is 0.866. The normalized spacial score (nSPS) is 13.2. The molecule has 1 atom stereocenters. The molecule has 0 heterocycles. The molecule has 0 aliphatic rings. The van der Waals surface area contributed by atoms with E-state index in [0.717, 1.165) is 6.92 Å². The van der Waals surface area contributed by atoms with E-state index in [1.807, 2.05) is 0 Å². The molecule has 0 spiro atoms. The van der Waals surface area contributed by atoms with Crippen LogP contribution >= 0.6 is 11.6 Å². The topological polar surface area (TPSA) is 59.1 Å². The van der Waals surface area contributed by atoms with Gasteiger partial charge in [0, 0.05) is 0 Å². The Balaban J connectivity index is 3.07. The maximum Gasteiger partial charge on any atom is 0.425 e. The lowest BCUT2D eigenvalue weighted by molar-refractivity contribution is -0.189. The molecule has 0 saturated carbocycles. The first-order chi connectivity index (χ1) is 7.73. The van der Waals surface area contributed by atoms with Gasteiger partial charge in [-0.1, -0.05) is 17.7 Å². The lowest BCUT2D eigenvalue weighted by atomic mass is 10.2. The maximum atomic E-state index is 12.3. The van der Waals surface area contributed by atoms with Gasteiger partial charge in [-0.25, -0.2) is 0 Å². The quantitative estimate of drug-likeness (QED) is 0.653. The van der Waals surface area contributed by atoms with E-state index in [2.05, 4.69) is 0 Å². The molecule has 1 aromatic rings. The number of hydrogen-bond donors (Lipinski definition) is 2. The minimum atomic E-state index is -4.49. The van der Waals surface area contributed by atoms with E-state index in [4.69, 9.17) is 27.5 Å². The molecule has 1 aromatic carbocycles. The number of benzene rings is 1. The zero-order valence-electron chi connectivity index (χ0n) is 8.81. The minimum absolute atomic E-state index is 0.0368. The third-order valence-electron chi connectivity index (χ3n) is 2.01. The van der Waals surface area contributed by atoms with Gasteiger partial charge in [-0.2, -0.15) is 13.2 Å². The van der Waals surface area contributed by atoms with Crippen molar-refractivity contribution < 1.29 is 17.9 Å². The van der Waals surface area contributed by atoms with Gasteiger partial charge in [0.2, 0.25) is 0 Å². The van der Waals surface area contributed by atoms with Gasteiger partial charge in [0.25, 0.3) is 0 Å². The number of nitrogens with one attached hydrogen (secondary N) is 1. The predicted molar refractivity (Wildman–Crippen MR) is 58.6 cm³/mol. The molecule has 7 heteroatoms. The van der Waals surface area contributed by atoms with Crippen LogP contribution in [0.2, 0.25) is 5.02 Å². The number of nitrogens with two attached hydrogens (primary N) is 1. The molecule has 0 bridgehead atoms. The van der Waals surface area contributed by atoms with Crippen molar-refractivity contribution in [1.82, 2.24) is 0 Å². The molecule has 17 heavy (non-hydrogen) atoms. The summed E-state index contributed by atoms with van der Waals surface area (Å²) in [6.07, 6.45) is -6.49. The summed E-state index contributed by atoms with van der Waals surface area (Å²) >= 11 is 5.74. The number of amidine groups is 1. The van der Waals surface area contributed by atoms with Crippen LogP contribution in [0.3, 0.4) is 0 Å². The summed E-state index contributed by atoms with van der Waals surface area (Å²) in [5.41, 5.74) is 5.20. The third-order valence-corrected chi connectivity index (χ3v) is 2.32. The van der Waals surface area contributed by atoms with Crippen molar-refractivity contribution in [1.29, 1.82) is 5.41 Å². The molecule has 0 radical (unpaired) electrons. The number of rotatable bonds is 3. The van der Waals surface area contributed by atoms with Gasteiger partial charge in [0.15, 0.2) is 6.10 Å². The first-order valence-electron chi connectivity index (χ1n) is 4.59. The second kappa shape index (κ2) is 4.83. The van der Waals surface area contributed by atoms with Crippen LogP contribution in [0.4, 0.5) is 13.2 Å². The highest BCUT2D eigenvalue weighted by Gasteiger charge is 2.38. The standard InChI is InChI=1S/C10H10ClF3N2O/c1-5(10(12,13)14)17-7-4-2-3-6(11)8(7)9(15)16/h2-5H,1H3,(H3,15,16). The lowest BCUT2D eigenvalue weighted by Crippen LogP contribution is -2.32. The number of nitrogen functional groups attached to an aromatic ring is 1. The van der Waals surface area contributed by atoms with Crippen LogP contribution in [0.1, 0.15) is 12.5 Å². The first kappa shape index (κ1) is 13.6. The molecule has 0 fully saturated rings. The summed E-state index contributed by atoms with van der Waals surface area (Å²) < 4.78 is 41.7. The molecule has 0 aliphatic heterocycles. The van der Waals surface area contributed by atoms with Crippen molar-refractivity contribution in [3.8, 4) is 5.75 Å². The van der Waals surface area contributed by atoms with E-state index in [0.29, 0.717) is 0 Å². The third kappa shape index (κ3) is 3.26. The van der Waals surface area contributed by atoms with E-state index >= 15 is 0 Å². The van der Waals surface area contributed by atoms with Gasteiger partial charge in [-0.05, 0) is 19.1 Å². The molecule has 3 N–H and O–H groups in total. The highest BCUT2D eigenvalue weighted by Crippen LogP contribution is 2.30. The van der Waals surface area contributed by atoms with E-state index in [1.165, 1.54) is 18.2 Å². The zero-order valence-corrected chi connectivity index (χ0v) is 9.56. The van der Waals surface area contributed by atoms with Crippen molar-refractivity contribution in [2.75, 3.05) is 0 Å². The number of ether oxygens (including phenoxy) is 1. The molecule has 0 aromatic heterocycles. The van der Waals surface area contributed by atoms with Gasteiger partial charge in [-0.3, -0.25) is 5.41 Å². The average Bonchev–Trinajstić information content (AvgIpc) is 2.15. The number of halogens is 4. The second-order valence-electron chi connectivity index (χ2n) is 3.33. The lowest BCUT2D eigenvalue weighted by Gasteiger charge is -2.19. The molecule has 94 valence electrons. The smallest absolute Gasteiger partial charge is 0.425 e. The van der Waals surface area contributed by atoms with Gasteiger partial charge >= 0.3 is 6.18 Å². The Labute approximate surface area is 101 Å². The second-order valence-corrected chi connectivity index (χ2v) is 3.74. The molecular formula is C10H10ClF3N2O. The van der Waals surface area contributed by atoms with Crippen molar-refractivity contribution >= 4 is 17.4 Å². The molecule has 3 nitrogen and oxygen atoms in total. The average molecular weight is 267 g/mol. The minimum Gasteiger partial charge on any atom is -0.480 e. The fraction of sp³-hybridized carbons (Fsp3) is 0.300. The summed E-state index contributed by atoms with van der Waals surface area (Å²) in [6, 6.07) is 4.13. The van der Waals surface area contributed by atoms with Crippen LogP contribution in [-0.2, 0) is 0 Å². The maximum absolute atomic E-state index is 12.3. The van der Waals surface area contributed by atoms with Gasteiger partial charge in [-0.15, -0.1) is 0 Å². The zero-order chi connectivity index (χ0) is 13.2. The largest absolute Gasteiger partial charge is 0.480 e. The van der Waals surface area contributed by atoms with Crippen molar-refractivity contribution in [3.63, 3.8) is 0 Å². The summed E-state index contributed by atoms with van der Waals surface area (Å²) in [5, 5.41) is 7.32. The molecule has 0 aliphatic carbocycles.